The Bertz CT molecular complexity index is 1240. The molecule has 4 rings (SSSR count). The van der Waals surface area contributed by atoms with Crippen LogP contribution in [0.2, 0.25) is 5.02 Å². The van der Waals surface area contributed by atoms with Crippen molar-refractivity contribution in [2.24, 2.45) is 0 Å². The molecule has 31 heavy (non-hydrogen) atoms. The van der Waals surface area contributed by atoms with Crippen LogP contribution >= 0.6 is 11.6 Å². The molecule has 1 amide bonds. The van der Waals surface area contributed by atoms with Crippen LogP contribution in [-0.2, 0) is 16.4 Å². The number of halogens is 1. The van der Waals surface area contributed by atoms with Crippen molar-refractivity contribution in [2.75, 3.05) is 11.5 Å². The van der Waals surface area contributed by atoms with Crippen LogP contribution in [0.1, 0.15) is 29.5 Å². The minimum Gasteiger partial charge on any atom is -0.388 e. The Morgan fingerprint density at radius 2 is 1.97 bits per heavy atom. The number of hydrogen-bond donors (Lipinski definition) is 2. The van der Waals surface area contributed by atoms with Gasteiger partial charge in [-0.3, -0.25) is 9.36 Å². The highest BCUT2D eigenvalue weighted by Crippen LogP contribution is 2.28. The molecule has 0 aliphatic carbocycles. The van der Waals surface area contributed by atoms with E-state index < -0.39 is 15.4 Å². The second kappa shape index (κ2) is 8.07. The third-order valence-electron chi connectivity index (χ3n) is 5.31. The molecular weight excluding hydrogens is 440 g/mol. The molecule has 3 aromatic rings. The Morgan fingerprint density at radius 1 is 1.23 bits per heavy atom. The predicted molar refractivity (Wildman–Crippen MR) is 117 cm³/mol. The van der Waals surface area contributed by atoms with Crippen molar-refractivity contribution in [1.29, 1.82) is 0 Å². The van der Waals surface area contributed by atoms with Crippen molar-refractivity contribution >= 4 is 27.3 Å². The summed E-state index contributed by atoms with van der Waals surface area (Å²) in [5, 5.41) is 20.8. The largest absolute Gasteiger partial charge is 0.388 e. The highest BCUT2D eigenvalue weighted by Gasteiger charge is 2.39. The number of carbonyl (C=O) groups excluding carboxylic acids is 1. The second-order valence-electron chi connectivity index (χ2n) is 7.91. The van der Waals surface area contributed by atoms with E-state index in [-0.39, 0.29) is 24.0 Å². The molecular formula is C21H21ClN4O4S. The van der Waals surface area contributed by atoms with E-state index in [4.69, 9.17) is 11.6 Å². The SMILES string of the molecule is CC1(NC(=O)c2cc(-c3ccc(Cl)cc3)cc(-n3cnnc3CO)c2)CCS(=O)(=O)C1. The van der Waals surface area contributed by atoms with E-state index in [1.165, 1.54) is 6.33 Å². The Morgan fingerprint density at radius 3 is 2.61 bits per heavy atom. The van der Waals surface area contributed by atoms with Gasteiger partial charge >= 0.3 is 0 Å². The van der Waals surface area contributed by atoms with Crippen molar-refractivity contribution in [3.05, 3.63) is 65.2 Å². The first kappa shape index (κ1) is 21.5. The fraction of sp³-hybridized carbons (Fsp3) is 0.286. The van der Waals surface area contributed by atoms with Crippen LogP contribution in [0.3, 0.4) is 0 Å². The number of nitrogens with one attached hydrogen (secondary N) is 1. The van der Waals surface area contributed by atoms with Crippen molar-refractivity contribution < 1.29 is 18.3 Å². The fourth-order valence-corrected chi connectivity index (χ4v) is 5.95. The molecule has 0 saturated carbocycles. The lowest BCUT2D eigenvalue weighted by Crippen LogP contribution is -2.46. The molecule has 0 bridgehead atoms. The lowest BCUT2D eigenvalue weighted by Gasteiger charge is -2.24. The Kier molecular flexibility index (Phi) is 5.59. The topological polar surface area (TPSA) is 114 Å². The normalized spacial score (nSPS) is 20.0. The molecule has 1 saturated heterocycles. The van der Waals surface area contributed by atoms with E-state index in [2.05, 4.69) is 15.5 Å². The Labute approximate surface area is 184 Å². The maximum atomic E-state index is 13.1. The number of aromatic nitrogens is 3. The molecule has 2 heterocycles. The second-order valence-corrected chi connectivity index (χ2v) is 10.5. The van der Waals surface area contributed by atoms with Gasteiger partial charge < -0.3 is 10.4 Å². The average Bonchev–Trinajstić information content (AvgIpc) is 3.31. The number of rotatable bonds is 5. The molecule has 1 unspecified atom stereocenters. The van der Waals surface area contributed by atoms with Gasteiger partial charge in [-0.05, 0) is 54.8 Å². The van der Waals surface area contributed by atoms with Gasteiger partial charge in [0.1, 0.15) is 12.9 Å². The summed E-state index contributed by atoms with van der Waals surface area (Å²) in [6.45, 7) is 1.42. The lowest BCUT2D eigenvalue weighted by atomic mass is 9.99. The van der Waals surface area contributed by atoms with Gasteiger partial charge in [0.25, 0.3) is 5.91 Å². The molecule has 8 nitrogen and oxygen atoms in total. The van der Waals surface area contributed by atoms with Crippen molar-refractivity contribution in [3.8, 4) is 16.8 Å². The van der Waals surface area contributed by atoms with Gasteiger partial charge in [0.2, 0.25) is 0 Å². The lowest BCUT2D eigenvalue weighted by molar-refractivity contribution is 0.0915. The van der Waals surface area contributed by atoms with Gasteiger partial charge in [0.05, 0.1) is 17.0 Å². The summed E-state index contributed by atoms with van der Waals surface area (Å²) in [6, 6.07) is 12.4. The van der Waals surface area contributed by atoms with Crippen LogP contribution in [0.15, 0.2) is 48.8 Å². The fourth-order valence-electron chi connectivity index (χ4n) is 3.73. The first-order valence-corrected chi connectivity index (χ1v) is 11.8. The molecule has 162 valence electrons. The van der Waals surface area contributed by atoms with E-state index in [0.29, 0.717) is 28.5 Å². The highest BCUT2D eigenvalue weighted by molar-refractivity contribution is 7.91. The van der Waals surface area contributed by atoms with Gasteiger partial charge in [0, 0.05) is 16.3 Å². The summed E-state index contributed by atoms with van der Waals surface area (Å²) < 4.78 is 25.4. The maximum absolute atomic E-state index is 13.1. The highest BCUT2D eigenvalue weighted by atomic mass is 35.5. The van der Waals surface area contributed by atoms with E-state index in [1.54, 1.807) is 35.8 Å². The number of hydrogen-bond acceptors (Lipinski definition) is 6. The van der Waals surface area contributed by atoms with E-state index in [9.17, 15) is 18.3 Å². The minimum atomic E-state index is -3.17. The molecule has 1 aliphatic heterocycles. The monoisotopic (exact) mass is 460 g/mol. The Balaban J connectivity index is 1.76. The zero-order valence-corrected chi connectivity index (χ0v) is 18.3. The number of carbonyl (C=O) groups is 1. The van der Waals surface area contributed by atoms with Gasteiger partial charge in [-0.2, -0.15) is 0 Å². The number of aliphatic hydroxyl groups is 1. The average molecular weight is 461 g/mol. The summed E-state index contributed by atoms with van der Waals surface area (Å²) in [6.07, 6.45) is 1.82. The molecule has 2 aromatic carbocycles. The maximum Gasteiger partial charge on any atom is 0.251 e. The van der Waals surface area contributed by atoms with Gasteiger partial charge in [-0.15, -0.1) is 10.2 Å². The van der Waals surface area contributed by atoms with E-state index in [0.717, 1.165) is 11.1 Å². The van der Waals surface area contributed by atoms with Crippen LogP contribution in [-0.4, -0.2) is 51.2 Å². The van der Waals surface area contributed by atoms with E-state index in [1.807, 2.05) is 18.2 Å². The Hall–Kier alpha value is -2.75. The summed E-state index contributed by atoms with van der Waals surface area (Å²) in [4.78, 5) is 13.1. The van der Waals surface area contributed by atoms with Crippen molar-refractivity contribution in [3.63, 3.8) is 0 Å². The molecule has 0 spiro atoms. The molecule has 1 atom stereocenters. The zero-order valence-electron chi connectivity index (χ0n) is 16.7. The molecule has 1 fully saturated rings. The zero-order chi connectivity index (χ0) is 22.2. The number of benzene rings is 2. The number of aliphatic hydroxyl groups excluding tert-OH is 1. The quantitative estimate of drug-likeness (QED) is 0.604. The van der Waals surface area contributed by atoms with Crippen LogP contribution in [0, 0.1) is 0 Å². The molecule has 10 heteroatoms. The van der Waals surface area contributed by atoms with E-state index >= 15 is 0 Å². The number of amides is 1. The third kappa shape index (κ3) is 4.63. The molecule has 1 aliphatic rings. The van der Waals surface area contributed by atoms with Crippen molar-refractivity contribution in [2.45, 2.75) is 25.5 Å². The first-order chi connectivity index (χ1) is 14.7. The summed E-state index contributed by atoms with van der Waals surface area (Å²) >= 11 is 6.00. The van der Waals surface area contributed by atoms with Gasteiger partial charge in [0.15, 0.2) is 15.7 Å². The van der Waals surface area contributed by atoms with Gasteiger partial charge in [-0.1, -0.05) is 23.7 Å². The summed E-state index contributed by atoms with van der Waals surface area (Å²) in [5.74, 6) is -0.0838. The predicted octanol–water partition coefficient (Wildman–Crippen LogP) is 2.39. The standard InChI is InChI=1S/C21H21ClN4O4S/c1-21(6-7-31(29,30)12-21)24-20(28)16-8-15(14-2-4-17(22)5-3-14)9-18(10-16)26-13-23-25-19(26)11-27/h2-5,8-10,13,27H,6-7,11-12H2,1H3,(H,24,28). The molecule has 0 radical (unpaired) electrons. The van der Waals surface area contributed by atoms with Crippen molar-refractivity contribution in [1.82, 2.24) is 20.1 Å². The number of sulfone groups is 1. The van der Waals surface area contributed by atoms with Crippen LogP contribution in [0.25, 0.3) is 16.8 Å². The molecule has 1 aromatic heterocycles. The smallest absolute Gasteiger partial charge is 0.251 e. The molecule has 2 N–H and O–H groups in total. The summed E-state index contributed by atoms with van der Waals surface area (Å²) in [5.41, 5.74) is 1.72. The first-order valence-electron chi connectivity index (χ1n) is 9.62. The van der Waals surface area contributed by atoms with Gasteiger partial charge in [-0.25, -0.2) is 8.42 Å². The third-order valence-corrected chi connectivity index (χ3v) is 7.47. The minimum absolute atomic E-state index is 0.0560. The van der Waals surface area contributed by atoms with Crippen LogP contribution < -0.4 is 5.32 Å². The number of nitrogens with zero attached hydrogens (tertiary/aromatic N) is 3. The summed E-state index contributed by atoms with van der Waals surface area (Å²) in [7, 11) is -3.17. The van der Waals surface area contributed by atoms with Crippen LogP contribution in [0.5, 0.6) is 0 Å². The van der Waals surface area contributed by atoms with Crippen LogP contribution in [0.4, 0.5) is 0 Å².